The molecule has 0 aromatic heterocycles. The lowest BCUT2D eigenvalue weighted by Gasteiger charge is -2.15. The van der Waals surface area contributed by atoms with Gasteiger partial charge in [0.2, 0.25) is 5.91 Å². The van der Waals surface area contributed by atoms with E-state index in [1.807, 2.05) is 26.0 Å². The molecule has 0 saturated heterocycles. The first-order chi connectivity index (χ1) is 8.08. The van der Waals surface area contributed by atoms with Crippen molar-refractivity contribution < 1.29 is 4.79 Å². The number of amides is 1. The standard InChI is InChI=1S/C13H17N3O/c1-4-15-13(17)10(3)16-12-6-5-9(2)7-11(12)8-14/h5-7,10,16H,4H2,1-3H3,(H,15,17). The molecule has 0 bridgehead atoms. The van der Waals surface area contributed by atoms with E-state index in [0.717, 1.165) is 5.56 Å². The molecular weight excluding hydrogens is 214 g/mol. The molecule has 0 aliphatic rings. The molecule has 1 unspecified atom stereocenters. The summed E-state index contributed by atoms with van der Waals surface area (Å²) in [4.78, 5) is 11.6. The number of likely N-dealkylation sites (N-methyl/N-ethyl adjacent to an activating group) is 1. The Morgan fingerprint density at radius 2 is 2.24 bits per heavy atom. The van der Waals surface area contributed by atoms with Gasteiger partial charge in [-0.25, -0.2) is 0 Å². The van der Waals surface area contributed by atoms with Crippen molar-refractivity contribution in [2.24, 2.45) is 0 Å². The summed E-state index contributed by atoms with van der Waals surface area (Å²) in [6.45, 7) is 6.17. The molecule has 0 spiro atoms. The Hall–Kier alpha value is -2.02. The first kappa shape index (κ1) is 13.0. The lowest BCUT2D eigenvalue weighted by molar-refractivity contribution is -0.121. The number of nitriles is 1. The van der Waals surface area contributed by atoms with E-state index in [9.17, 15) is 4.79 Å². The van der Waals surface area contributed by atoms with Crippen molar-refractivity contribution in [1.29, 1.82) is 5.26 Å². The third-order valence-corrected chi connectivity index (χ3v) is 2.41. The summed E-state index contributed by atoms with van der Waals surface area (Å²) in [6.07, 6.45) is 0. The topological polar surface area (TPSA) is 64.9 Å². The molecule has 1 amide bonds. The van der Waals surface area contributed by atoms with E-state index in [-0.39, 0.29) is 11.9 Å². The fourth-order valence-electron chi connectivity index (χ4n) is 1.50. The molecule has 0 fully saturated rings. The van der Waals surface area contributed by atoms with E-state index < -0.39 is 0 Å². The third kappa shape index (κ3) is 3.49. The molecule has 0 aliphatic heterocycles. The Morgan fingerprint density at radius 3 is 2.82 bits per heavy atom. The predicted octanol–water partition coefficient (Wildman–Crippen LogP) is 1.80. The van der Waals surface area contributed by atoms with Crippen molar-refractivity contribution in [2.75, 3.05) is 11.9 Å². The van der Waals surface area contributed by atoms with Gasteiger partial charge in [0.15, 0.2) is 0 Å². The van der Waals surface area contributed by atoms with E-state index in [0.29, 0.717) is 17.8 Å². The van der Waals surface area contributed by atoms with E-state index in [1.54, 1.807) is 13.0 Å². The van der Waals surface area contributed by atoms with Gasteiger partial charge in [0.25, 0.3) is 0 Å². The maximum Gasteiger partial charge on any atom is 0.242 e. The molecule has 4 nitrogen and oxygen atoms in total. The van der Waals surface area contributed by atoms with Gasteiger partial charge in [0, 0.05) is 6.54 Å². The SMILES string of the molecule is CCNC(=O)C(C)Nc1ccc(C)cc1C#N. The van der Waals surface area contributed by atoms with Crippen molar-refractivity contribution in [3.8, 4) is 6.07 Å². The molecule has 17 heavy (non-hydrogen) atoms. The monoisotopic (exact) mass is 231 g/mol. The van der Waals surface area contributed by atoms with Crippen LogP contribution in [-0.4, -0.2) is 18.5 Å². The Labute approximate surface area is 102 Å². The smallest absolute Gasteiger partial charge is 0.242 e. The molecule has 1 atom stereocenters. The van der Waals surface area contributed by atoms with Crippen LogP contribution in [0.15, 0.2) is 18.2 Å². The number of nitrogens with one attached hydrogen (secondary N) is 2. The molecule has 2 N–H and O–H groups in total. The third-order valence-electron chi connectivity index (χ3n) is 2.41. The van der Waals surface area contributed by atoms with Gasteiger partial charge in [-0.05, 0) is 38.5 Å². The van der Waals surface area contributed by atoms with Crippen LogP contribution in [0.1, 0.15) is 25.0 Å². The lowest BCUT2D eigenvalue weighted by atomic mass is 10.1. The van der Waals surface area contributed by atoms with Crippen molar-refractivity contribution in [3.05, 3.63) is 29.3 Å². The zero-order chi connectivity index (χ0) is 12.8. The predicted molar refractivity (Wildman–Crippen MR) is 67.7 cm³/mol. The van der Waals surface area contributed by atoms with Gasteiger partial charge in [0.1, 0.15) is 12.1 Å². The number of carbonyl (C=O) groups is 1. The van der Waals surface area contributed by atoms with Crippen LogP contribution in [0.3, 0.4) is 0 Å². The highest BCUT2D eigenvalue weighted by atomic mass is 16.2. The first-order valence-corrected chi connectivity index (χ1v) is 5.63. The van der Waals surface area contributed by atoms with Gasteiger partial charge in [-0.15, -0.1) is 0 Å². The average Bonchev–Trinajstić information content (AvgIpc) is 2.31. The Morgan fingerprint density at radius 1 is 1.53 bits per heavy atom. The molecular formula is C13H17N3O. The number of hydrogen-bond acceptors (Lipinski definition) is 3. The van der Waals surface area contributed by atoms with Crippen LogP contribution in [0.25, 0.3) is 0 Å². The van der Waals surface area contributed by atoms with Crippen LogP contribution < -0.4 is 10.6 Å². The second-order valence-corrected chi connectivity index (χ2v) is 3.92. The van der Waals surface area contributed by atoms with Gasteiger partial charge >= 0.3 is 0 Å². The molecule has 0 radical (unpaired) electrons. The summed E-state index contributed by atoms with van der Waals surface area (Å²) in [5, 5.41) is 14.8. The molecule has 0 heterocycles. The minimum Gasteiger partial charge on any atom is -0.373 e. The fraction of sp³-hybridized carbons (Fsp3) is 0.385. The maximum atomic E-state index is 11.6. The van der Waals surface area contributed by atoms with E-state index in [1.165, 1.54) is 0 Å². The highest BCUT2D eigenvalue weighted by molar-refractivity contribution is 5.84. The second kappa shape index (κ2) is 5.90. The zero-order valence-electron chi connectivity index (χ0n) is 10.4. The number of benzene rings is 1. The lowest BCUT2D eigenvalue weighted by Crippen LogP contribution is -2.37. The molecule has 0 aliphatic carbocycles. The van der Waals surface area contributed by atoms with Crippen LogP contribution in [0, 0.1) is 18.3 Å². The summed E-state index contributed by atoms with van der Waals surface area (Å²) in [6, 6.07) is 7.29. The molecule has 90 valence electrons. The molecule has 1 rings (SSSR count). The van der Waals surface area contributed by atoms with Crippen LogP contribution >= 0.6 is 0 Å². The summed E-state index contributed by atoms with van der Waals surface area (Å²) in [7, 11) is 0. The van der Waals surface area contributed by atoms with E-state index in [2.05, 4.69) is 16.7 Å². The van der Waals surface area contributed by atoms with Gasteiger partial charge in [0.05, 0.1) is 11.3 Å². The van der Waals surface area contributed by atoms with Crippen molar-refractivity contribution in [3.63, 3.8) is 0 Å². The second-order valence-electron chi connectivity index (χ2n) is 3.92. The van der Waals surface area contributed by atoms with Crippen LogP contribution in [0.5, 0.6) is 0 Å². The Bertz CT molecular complexity index is 448. The van der Waals surface area contributed by atoms with E-state index >= 15 is 0 Å². The minimum atomic E-state index is -0.357. The fourth-order valence-corrected chi connectivity index (χ4v) is 1.50. The number of nitrogens with zero attached hydrogens (tertiary/aromatic N) is 1. The van der Waals surface area contributed by atoms with Crippen LogP contribution in [0.4, 0.5) is 5.69 Å². The van der Waals surface area contributed by atoms with Gasteiger partial charge < -0.3 is 10.6 Å². The number of rotatable bonds is 4. The summed E-state index contributed by atoms with van der Waals surface area (Å²) in [5.74, 6) is -0.0723. The molecule has 1 aromatic rings. The maximum absolute atomic E-state index is 11.6. The highest BCUT2D eigenvalue weighted by Gasteiger charge is 2.13. The zero-order valence-corrected chi connectivity index (χ0v) is 10.4. The van der Waals surface area contributed by atoms with Gasteiger partial charge in [-0.2, -0.15) is 5.26 Å². The Balaban J connectivity index is 2.82. The minimum absolute atomic E-state index is 0.0723. The van der Waals surface area contributed by atoms with Crippen LogP contribution in [-0.2, 0) is 4.79 Å². The van der Waals surface area contributed by atoms with Crippen molar-refractivity contribution >= 4 is 11.6 Å². The number of anilines is 1. The number of carbonyl (C=O) groups excluding carboxylic acids is 1. The number of hydrogen-bond donors (Lipinski definition) is 2. The summed E-state index contributed by atoms with van der Waals surface area (Å²) < 4.78 is 0. The van der Waals surface area contributed by atoms with E-state index in [4.69, 9.17) is 5.26 Å². The quantitative estimate of drug-likeness (QED) is 0.830. The van der Waals surface area contributed by atoms with Gasteiger partial charge in [-0.1, -0.05) is 6.07 Å². The molecule has 1 aromatic carbocycles. The number of aryl methyl sites for hydroxylation is 1. The largest absolute Gasteiger partial charge is 0.373 e. The Kier molecular flexibility index (Phi) is 4.53. The average molecular weight is 231 g/mol. The first-order valence-electron chi connectivity index (χ1n) is 5.63. The van der Waals surface area contributed by atoms with Crippen molar-refractivity contribution in [1.82, 2.24) is 5.32 Å². The molecule has 0 saturated carbocycles. The van der Waals surface area contributed by atoms with Crippen LogP contribution in [0.2, 0.25) is 0 Å². The summed E-state index contributed by atoms with van der Waals surface area (Å²) >= 11 is 0. The summed E-state index contributed by atoms with van der Waals surface area (Å²) in [5.41, 5.74) is 2.27. The van der Waals surface area contributed by atoms with Gasteiger partial charge in [-0.3, -0.25) is 4.79 Å². The normalized spacial score (nSPS) is 11.4. The van der Waals surface area contributed by atoms with Crippen molar-refractivity contribution in [2.45, 2.75) is 26.8 Å². The highest BCUT2D eigenvalue weighted by Crippen LogP contribution is 2.17. The molecule has 4 heteroatoms.